The number of hydrogen-bond donors (Lipinski definition) is 2. The van der Waals surface area contributed by atoms with Crippen LogP contribution in [0.3, 0.4) is 0 Å². The number of carbonyl (C=O) groups excluding carboxylic acids is 1. The van der Waals surface area contributed by atoms with E-state index in [1.807, 2.05) is 47.7 Å². The average Bonchev–Trinajstić information content (AvgIpc) is 2.97. The van der Waals surface area contributed by atoms with Gasteiger partial charge in [0.05, 0.1) is 17.1 Å². The zero-order valence-electron chi connectivity index (χ0n) is 13.4. The third-order valence-electron chi connectivity index (χ3n) is 4.80. The maximum Gasteiger partial charge on any atom is 0.177 e. The van der Waals surface area contributed by atoms with Gasteiger partial charge in [-0.2, -0.15) is 0 Å². The van der Waals surface area contributed by atoms with Crippen LogP contribution in [0.5, 0.6) is 0 Å². The number of benzene rings is 1. The maximum absolute atomic E-state index is 12.6. The number of aliphatic hydroxyl groups is 2. The SMILES string of the molecule is CN1CC(O)C(=C2c3ccccc3CC(=O)c3sccc32)C(O)C1. The standard InChI is InChI=1S/C19H19NO3S/c1-20-9-15(22)18(16(23)10-20)17-12-5-3-2-4-11(12)8-14(21)19-13(17)6-7-24-19/h2-7,15-16,22-23H,8-10H2,1H3. The molecule has 0 radical (unpaired) electrons. The van der Waals surface area contributed by atoms with Gasteiger partial charge >= 0.3 is 0 Å². The minimum Gasteiger partial charge on any atom is -0.387 e. The van der Waals surface area contributed by atoms with E-state index < -0.39 is 12.2 Å². The normalized spacial score (nSPS) is 24.5. The van der Waals surface area contributed by atoms with Crippen molar-refractivity contribution in [3.8, 4) is 0 Å². The van der Waals surface area contributed by atoms with Crippen molar-refractivity contribution in [2.75, 3.05) is 20.1 Å². The van der Waals surface area contributed by atoms with Crippen molar-refractivity contribution >= 4 is 22.7 Å². The molecule has 1 aliphatic carbocycles. The second-order valence-electron chi connectivity index (χ2n) is 6.50. The minimum atomic E-state index is -0.747. The molecule has 1 aromatic carbocycles. The molecule has 1 saturated heterocycles. The van der Waals surface area contributed by atoms with Crippen LogP contribution in [-0.2, 0) is 6.42 Å². The highest BCUT2D eigenvalue weighted by Gasteiger charge is 2.34. The summed E-state index contributed by atoms with van der Waals surface area (Å²) in [4.78, 5) is 15.3. The molecule has 4 nitrogen and oxygen atoms in total. The van der Waals surface area contributed by atoms with Crippen LogP contribution in [0.4, 0.5) is 0 Å². The number of thiophene rings is 1. The van der Waals surface area contributed by atoms with Gasteiger partial charge in [0.25, 0.3) is 0 Å². The lowest BCUT2D eigenvalue weighted by Gasteiger charge is -2.35. The van der Waals surface area contributed by atoms with Crippen molar-refractivity contribution in [1.29, 1.82) is 0 Å². The summed E-state index contributed by atoms with van der Waals surface area (Å²) in [6, 6.07) is 9.73. The van der Waals surface area contributed by atoms with Gasteiger partial charge in [-0.1, -0.05) is 24.3 Å². The number of aliphatic hydroxyl groups excluding tert-OH is 2. The van der Waals surface area contributed by atoms with E-state index in [-0.39, 0.29) is 5.78 Å². The molecule has 0 bridgehead atoms. The number of piperidine rings is 1. The van der Waals surface area contributed by atoms with Gasteiger partial charge < -0.3 is 15.1 Å². The number of nitrogens with zero attached hydrogens (tertiary/aromatic N) is 1. The van der Waals surface area contributed by atoms with Crippen LogP contribution in [0, 0.1) is 0 Å². The smallest absolute Gasteiger partial charge is 0.177 e. The van der Waals surface area contributed by atoms with Crippen molar-refractivity contribution in [2.45, 2.75) is 18.6 Å². The number of likely N-dealkylation sites (N-methyl/N-ethyl adjacent to an activating group) is 1. The molecular weight excluding hydrogens is 322 g/mol. The molecule has 2 heterocycles. The monoisotopic (exact) mass is 341 g/mol. The summed E-state index contributed by atoms with van der Waals surface area (Å²) in [5.74, 6) is 0.0972. The molecule has 2 aliphatic rings. The zero-order valence-corrected chi connectivity index (χ0v) is 14.2. The Morgan fingerprint density at radius 3 is 2.54 bits per heavy atom. The summed E-state index contributed by atoms with van der Waals surface area (Å²) in [5, 5.41) is 23.2. The quantitative estimate of drug-likeness (QED) is 0.769. The molecule has 5 heteroatoms. The molecule has 124 valence electrons. The highest BCUT2D eigenvalue weighted by Crippen LogP contribution is 2.40. The molecule has 1 fully saturated rings. The van der Waals surface area contributed by atoms with Crippen molar-refractivity contribution in [3.63, 3.8) is 0 Å². The summed E-state index contributed by atoms with van der Waals surface area (Å²) >= 11 is 1.43. The second-order valence-corrected chi connectivity index (χ2v) is 7.42. The predicted octanol–water partition coefficient (Wildman–Crippen LogP) is 1.96. The average molecular weight is 341 g/mol. The fraction of sp³-hybridized carbons (Fsp3) is 0.316. The van der Waals surface area contributed by atoms with Crippen LogP contribution in [0.25, 0.3) is 5.57 Å². The van der Waals surface area contributed by atoms with Crippen LogP contribution >= 0.6 is 11.3 Å². The summed E-state index contributed by atoms with van der Waals surface area (Å²) < 4.78 is 0. The van der Waals surface area contributed by atoms with E-state index in [2.05, 4.69) is 0 Å². The number of likely N-dealkylation sites (tertiary alicyclic amines) is 1. The Labute approximate surface area is 144 Å². The van der Waals surface area contributed by atoms with Crippen molar-refractivity contribution in [2.24, 2.45) is 0 Å². The molecule has 2 N–H and O–H groups in total. The van der Waals surface area contributed by atoms with Gasteiger partial charge in [0.2, 0.25) is 0 Å². The zero-order chi connectivity index (χ0) is 16.8. The van der Waals surface area contributed by atoms with Gasteiger partial charge in [-0.05, 0) is 40.8 Å². The first-order valence-corrected chi connectivity index (χ1v) is 8.92. The molecule has 0 spiro atoms. The Hall–Kier alpha value is -1.79. The molecule has 0 amide bonds. The molecule has 1 aromatic heterocycles. The highest BCUT2D eigenvalue weighted by atomic mass is 32.1. The molecule has 2 unspecified atom stereocenters. The van der Waals surface area contributed by atoms with Gasteiger partial charge in [0, 0.05) is 25.1 Å². The number of β-amino-alcohol motifs (C(OH)–C–C–N with tert-alkyl or cyclic N) is 2. The minimum absolute atomic E-state index is 0.0972. The largest absolute Gasteiger partial charge is 0.387 e. The van der Waals surface area contributed by atoms with Crippen molar-refractivity contribution in [3.05, 3.63) is 62.9 Å². The Bertz CT molecular complexity index is 825. The highest BCUT2D eigenvalue weighted by molar-refractivity contribution is 7.12. The van der Waals surface area contributed by atoms with E-state index >= 15 is 0 Å². The lowest BCUT2D eigenvalue weighted by Crippen LogP contribution is -2.46. The second kappa shape index (κ2) is 5.93. The molecule has 0 saturated carbocycles. The lowest BCUT2D eigenvalue weighted by molar-refractivity contribution is 0.0546. The number of Topliss-reactive ketones (excluding diaryl/α,β-unsaturated/α-hetero) is 1. The number of hydrogen-bond acceptors (Lipinski definition) is 5. The van der Waals surface area contributed by atoms with Crippen LogP contribution in [0.1, 0.15) is 26.4 Å². The van der Waals surface area contributed by atoms with Crippen LogP contribution in [0.15, 0.2) is 41.3 Å². The van der Waals surface area contributed by atoms with Gasteiger partial charge in [-0.15, -0.1) is 11.3 Å². The van der Waals surface area contributed by atoms with Crippen molar-refractivity contribution < 1.29 is 15.0 Å². The van der Waals surface area contributed by atoms with E-state index in [4.69, 9.17) is 0 Å². The Kier molecular flexibility index (Phi) is 3.89. The van der Waals surface area contributed by atoms with E-state index in [0.717, 1.165) is 22.3 Å². The van der Waals surface area contributed by atoms with Gasteiger partial charge in [0.15, 0.2) is 5.78 Å². The van der Waals surface area contributed by atoms with Gasteiger partial charge in [-0.3, -0.25) is 4.79 Å². The summed E-state index contributed by atoms with van der Waals surface area (Å²) in [6.45, 7) is 0.955. The van der Waals surface area contributed by atoms with E-state index in [1.165, 1.54) is 11.3 Å². The summed E-state index contributed by atoms with van der Waals surface area (Å²) in [5.41, 5.74) is 4.20. The van der Waals surface area contributed by atoms with Crippen molar-refractivity contribution in [1.82, 2.24) is 4.90 Å². The first-order chi connectivity index (χ1) is 11.6. The molecule has 4 rings (SSSR count). The Morgan fingerprint density at radius 2 is 1.79 bits per heavy atom. The number of fused-ring (bicyclic) bond motifs is 2. The number of ketones is 1. The number of carbonyl (C=O) groups is 1. The third kappa shape index (κ3) is 2.45. The van der Waals surface area contributed by atoms with E-state index in [1.54, 1.807) is 0 Å². The molecular formula is C19H19NO3S. The predicted molar refractivity (Wildman–Crippen MR) is 94.3 cm³/mol. The topological polar surface area (TPSA) is 60.8 Å². The van der Waals surface area contributed by atoms with Gasteiger partial charge in [-0.25, -0.2) is 0 Å². The molecule has 24 heavy (non-hydrogen) atoms. The first-order valence-electron chi connectivity index (χ1n) is 8.04. The summed E-state index contributed by atoms with van der Waals surface area (Å²) in [6.07, 6.45) is -1.14. The Morgan fingerprint density at radius 1 is 1.08 bits per heavy atom. The Balaban J connectivity index is 2.03. The van der Waals surface area contributed by atoms with Gasteiger partial charge in [0.1, 0.15) is 0 Å². The molecule has 2 atom stereocenters. The molecule has 1 aliphatic heterocycles. The third-order valence-corrected chi connectivity index (χ3v) is 5.76. The van der Waals surface area contributed by atoms with Crippen LogP contribution in [0.2, 0.25) is 0 Å². The fourth-order valence-corrected chi connectivity index (χ4v) is 4.61. The fourth-order valence-electron chi connectivity index (χ4n) is 3.77. The number of rotatable bonds is 0. The summed E-state index contributed by atoms with van der Waals surface area (Å²) in [7, 11) is 1.88. The van der Waals surface area contributed by atoms with Crippen LogP contribution < -0.4 is 0 Å². The lowest BCUT2D eigenvalue weighted by atomic mass is 9.85. The first kappa shape index (κ1) is 15.7. The van der Waals surface area contributed by atoms with E-state index in [0.29, 0.717) is 30.0 Å². The van der Waals surface area contributed by atoms with E-state index in [9.17, 15) is 15.0 Å². The van der Waals surface area contributed by atoms with Crippen LogP contribution in [-0.4, -0.2) is 53.2 Å². The molecule has 2 aromatic rings. The maximum atomic E-state index is 12.6.